The largest absolute Gasteiger partial charge is 2.00 e. The maximum absolute atomic E-state index is 3.10. The molecule has 0 heterocycles. The van der Waals surface area contributed by atoms with Gasteiger partial charge in [-0.2, -0.15) is 35.5 Å². The molecular formula is C9H13BrMgSi. The summed E-state index contributed by atoms with van der Waals surface area (Å²) in [6.07, 6.45) is 0. The van der Waals surface area contributed by atoms with Crippen LogP contribution >= 0.6 is 0 Å². The van der Waals surface area contributed by atoms with Crippen molar-refractivity contribution < 1.29 is 17.0 Å². The fourth-order valence-corrected chi connectivity index (χ4v) is 1.97. The Labute approximate surface area is 103 Å². The summed E-state index contributed by atoms with van der Waals surface area (Å²) >= 11 is 0. The average Bonchev–Trinajstić information content (AvgIpc) is 1.88. The number of hydrogen-bond donors (Lipinski definition) is 0. The molecule has 0 saturated heterocycles. The Morgan fingerprint density at radius 3 is 2.08 bits per heavy atom. The number of benzene rings is 1. The Kier molecular flexibility index (Phi) is 7.82. The predicted octanol–water partition coefficient (Wildman–Crippen LogP) is -1.34. The van der Waals surface area contributed by atoms with Crippen LogP contribution in [0.15, 0.2) is 24.3 Å². The topological polar surface area (TPSA) is 0 Å². The molecule has 0 aliphatic rings. The fraction of sp³-hybridized carbons (Fsp3) is 0.333. The molecule has 0 atom stereocenters. The van der Waals surface area contributed by atoms with E-state index in [1.165, 1.54) is 5.19 Å². The average molecular weight is 253 g/mol. The van der Waals surface area contributed by atoms with Gasteiger partial charge in [0.15, 0.2) is 0 Å². The van der Waals surface area contributed by atoms with Crippen molar-refractivity contribution in [1.82, 2.24) is 0 Å². The summed E-state index contributed by atoms with van der Waals surface area (Å²) in [5.41, 5.74) is 0. The van der Waals surface area contributed by atoms with Crippen molar-refractivity contribution in [3.63, 3.8) is 0 Å². The van der Waals surface area contributed by atoms with E-state index in [1.54, 1.807) is 0 Å². The van der Waals surface area contributed by atoms with E-state index < -0.39 is 8.07 Å². The van der Waals surface area contributed by atoms with E-state index in [1.807, 2.05) is 6.07 Å². The quantitative estimate of drug-likeness (QED) is 0.429. The molecule has 1 rings (SSSR count). The van der Waals surface area contributed by atoms with Gasteiger partial charge in [-0.3, -0.25) is 0 Å². The molecule has 0 amide bonds. The van der Waals surface area contributed by atoms with Crippen molar-refractivity contribution in [3.8, 4) is 0 Å². The molecule has 0 N–H and O–H groups in total. The molecule has 0 aromatic heterocycles. The molecule has 1 aromatic rings. The van der Waals surface area contributed by atoms with Gasteiger partial charge in [0, 0.05) is 8.07 Å². The molecule has 62 valence electrons. The van der Waals surface area contributed by atoms with E-state index in [-0.39, 0.29) is 40.0 Å². The van der Waals surface area contributed by atoms with Gasteiger partial charge in [0.1, 0.15) is 0 Å². The van der Waals surface area contributed by atoms with E-state index in [9.17, 15) is 0 Å². The third-order valence-corrected chi connectivity index (χ3v) is 3.62. The van der Waals surface area contributed by atoms with Crippen molar-refractivity contribution in [2.75, 3.05) is 0 Å². The van der Waals surface area contributed by atoms with Gasteiger partial charge in [-0.05, 0) is 0 Å². The van der Waals surface area contributed by atoms with Crippen LogP contribution in [0.1, 0.15) is 0 Å². The van der Waals surface area contributed by atoms with Gasteiger partial charge in [-0.1, -0.05) is 19.6 Å². The fourth-order valence-electron chi connectivity index (χ4n) is 0.860. The number of halogens is 1. The second-order valence-corrected chi connectivity index (χ2v) is 8.62. The Bertz CT molecular complexity index is 206. The van der Waals surface area contributed by atoms with Crippen LogP contribution in [-0.4, -0.2) is 31.1 Å². The van der Waals surface area contributed by atoms with E-state index in [4.69, 9.17) is 0 Å². The molecule has 12 heavy (non-hydrogen) atoms. The van der Waals surface area contributed by atoms with Gasteiger partial charge in [0.25, 0.3) is 0 Å². The smallest absolute Gasteiger partial charge is 1.00 e. The number of hydrogen-bond acceptors (Lipinski definition) is 0. The molecule has 0 saturated carbocycles. The van der Waals surface area contributed by atoms with Crippen LogP contribution < -0.4 is 22.2 Å². The van der Waals surface area contributed by atoms with Gasteiger partial charge in [-0.15, -0.1) is 0 Å². The van der Waals surface area contributed by atoms with Crippen molar-refractivity contribution in [3.05, 3.63) is 30.3 Å². The molecule has 0 spiro atoms. The van der Waals surface area contributed by atoms with E-state index in [0.717, 1.165) is 0 Å². The zero-order valence-corrected chi connectivity index (χ0v) is 11.9. The summed E-state index contributed by atoms with van der Waals surface area (Å²) in [5, 5.41) is 1.48. The van der Waals surface area contributed by atoms with Gasteiger partial charge in [-0.25, -0.2) is 0 Å². The summed E-state index contributed by atoms with van der Waals surface area (Å²) in [6.45, 7) is 7.03. The molecule has 1 aromatic carbocycles. The Morgan fingerprint density at radius 1 is 1.25 bits per heavy atom. The molecule has 0 aliphatic carbocycles. The molecule has 3 heteroatoms. The SMILES string of the molecule is C[Si](C)(C)c1c[c-]ccc1.[Br-].[Mg+2]. The monoisotopic (exact) mass is 252 g/mol. The maximum Gasteiger partial charge on any atom is 2.00 e. The van der Waals surface area contributed by atoms with Gasteiger partial charge in [0.2, 0.25) is 0 Å². The van der Waals surface area contributed by atoms with E-state index in [2.05, 4.69) is 43.9 Å². The first kappa shape index (κ1) is 15.2. The first-order valence-electron chi connectivity index (χ1n) is 3.57. The summed E-state index contributed by atoms with van der Waals surface area (Å²) in [5.74, 6) is 0. The maximum atomic E-state index is 3.10. The van der Waals surface area contributed by atoms with Crippen molar-refractivity contribution >= 4 is 36.3 Å². The standard InChI is InChI=1S/C9H13Si.BrH.Mg/c1-10(2,3)9-7-5-4-6-8-9;;/h4-5,7-8H,1-3H3;1H;/q-1;;+2/p-1. The van der Waals surface area contributed by atoms with Crippen LogP contribution in [0.5, 0.6) is 0 Å². The van der Waals surface area contributed by atoms with Crippen LogP contribution in [0.2, 0.25) is 19.6 Å². The second kappa shape index (κ2) is 6.18. The zero-order chi connectivity index (χ0) is 7.61. The molecule has 0 unspecified atom stereocenters. The van der Waals surface area contributed by atoms with Crippen LogP contribution in [-0.2, 0) is 0 Å². The van der Waals surface area contributed by atoms with Crippen molar-refractivity contribution in [2.24, 2.45) is 0 Å². The minimum absolute atomic E-state index is 0. The Morgan fingerprint density at radius 2 is 1.83 bits per heavy atom. The van der Waals surface area contributed by atoms with Crippen LogP contribution in [0, 0.1) is 6.07 Å². The van der Waals surface area contributed by atoms with Gasteiger partial charge >= 0.3 is 23.1 Å². The third kappa shape index (κ3) is 4.65. The molecule has 0 nitrogen and oxygen atoms in total. The molecule has 0 fully saturated rings. The summed E-state index contributed by atoms with van der Waals surface area (Å²) in [7, 11) is -1.06. The van der Waals surface area contributed by atoms with Gasteiger partial charge in [0.05, 0.1) is 0 Å². The summed E-state index contributed by atoms with van der Waals surface area (Å²) < 4.78 is 0. The van der Waals surface area contributed by atoms with Gasteiger partial charge < -0.3 is 17.0 Å². The van der Waals surface area contributed by atoms with Crippen molar-refractivity contribution in [2.45, 2.75) is 19.6 Å². The van der Waals surface area contributed by atoms with Crippen molar-refractivity contribution in [1.29, 1.82) is 0 Å². The Hall–Kier alpha value is 0.683. The summed E-state index contributed by atoms with van der Waals surface area (Å²) in [6, 6.07) is 11.4. The zero-order valence-electron chi connectivity index (χ0n) is 7.89. The molecule has 0 bridgehead atoms. The Balaban J connectivity index is 0. The second-order valence-electron chi connectivity index (χ2n) is 3.54. The van der Waals surface area contributed by atoms with Crippen LogP contribution in [0.25, 0.3) is 0 Å². The van der Waals surface area contributed by atoms with Crippen LogP contribution in [0.4, 0.5) is 0 Å². The molecule has 0 aliphatic heterocycles. The molecular weight excluding hydrogens is 240 g/mol. The minimum Gasteiger partial charge on any atom is -1.00 e. The first-order valence-corrected chi connectivity index (χ1v) is 7.07. The minimum atomic E-state index is -1.06. The third-order valence-electron chi connectivity index (χ3n) is 1.57. The number of rotatable bonds is 1. The predicted molar refractivity (Wildman–Crippen MR) is 54.0 cm³/mol. The first-order chi connectivity index (χ1) is 4.61. The van der Waals surface area contributed by atoms with Crippen LogP contribution in [0.3, 0.4) is 0 Å². The van der Waals surface area contributed by atoms with E-state index >= 15 is 0 Å². The normalized spacial score (nSPS) is 9.58. The molecule has 0 radical (unpaired) electrons. The van der Waals surface area contributed by atoms with E-state index in [0.29, 0.717) is 0 Å². The summed E-state index contributed by atoms with van der Waals surface area (Å²) in [4.78, 5) is 0.